The summed E-state index contributed by atoms with van der Waals surface area (Å²) in [5, 5.41) is 0.843. The predicted octanol–water partition coefficient (Wildman–Crippen LogP) is 3.27. The Hall–Kier alpha value is -1.24. The van der Waals surface area contributed by atoms with Gasteiger partial charge >= 0.3 is 0 Å². The molecule has 6 heteroatoms. The fourth-order valence-corrected chi connectivity index (χ4v) is 4.59. The quantitative estimate of drug-likeness (QED) is 0.778. The van der Waals surface area contributed by atoms with E-state index in [4.69, 9.17) is 0 Å². The minimum Gasteiger partial charge on any atom is -0.248 e. The van der Waals surface area contributed by atoms with Gasteiger partial charge in [0.15, 0.2) is 0 Å². The summed E-state index contributed by atoms with van der Waals surface area (Å²) in [7, 11) is -1.68. The van der Waals surface area contributed by atoms with E-state index in [1.54, 1.807) is 18.4 Å². The molecule has 0 fully saturated rings. The zero-order valence-electron chi connectivity index (χ0n) is 13.2. The Morgan fingerprint density at radius 2 is 1.95 bits per heavy atom. The Morgan fingerprint density at radius 3 is 2.55 bits per heavy atom. The van der Waals surface area contributed by atoms with E-state index in [-0.39, 0.29) is 11.7 Å². The first-order valence-electron chi connectivity index (χ1n) is 7.35. The molecular weight excluding hydrogens is 316 g/mol. The molecule has 0 aliphatic carbocycles. The number of nitrogens with zero attached hydrogens (tertiary/aromatic N) is 2. The highest BCUT2D eigenvalue weighted by Crippen LogP contribution is 2.20. The Labute approximate surface area is 136 Å². The third-order valence-corrected chi connectivity index (χ3v) is 6.74. The molecule has 0 amide bonds. The van der Waals surface area contributed by atoms with Crippen LogP contribution in [0.3, 0.4) is 0 Å². The summed E-state index contributed by atoms with van der Waals surface area (Å²) in [4.78, 5) is 5.47. The van der Waals surface area contributed by atoms with Gasteiger partial charge in [0.05, 0.1) is 12.3 Å². The number of thiazole rings is 1. The lowest BCUT2D eigenvalue weighted by Gasteiger charge is -2.19. The summed E-state index contributed by atoms with van der Waals surface area (Å²) in [6.07, 6.45) is 2.76. The van der Waals surface area contributed by atoms with Gasteiger partial charge in [-0.2, -0.15) is 4.31 Å². The first-order valence-corrected chi connectivity index (χ1v) is 9.77. The summed E-state index contributed by atoms with van der Waals surface area (Å²) in [5.74, 6) is 0.0793. The highest BCUT2D eigenvalue weighted by Gasteiger charge is 2.23. The van der Waals surface area contributed by atoms with Crippen molar-refractivity contribution in [2.75, 3.05) is 12.8 Å². The second kappa shape index (κ2) is 7.35. The van der Waals surface area contributed by atoms with Gasteiger partial charge in [-0.1, -0.05) is 44.2 Å². The summed E-state index contributed by atoms with van der Waals surface area (Å²) < 4.78 is 26.4. The van der Waals surface area contributed by atoms with Crippen LogP contribution in [0.15, 0.2) is 36.5 Å². The SMILES string of the molecule is CCc1cnc(CN(C)S(=O)(=O)CC(C)c2ccccc2)s1. The molecule has 0 spiro atoms. The fraction of sp³-hybridized carbons (Fsp3) is 0.438. The molecule has 4 nitrogen and oxygen atoms in total. The average Bonchev–Trinajstić information content (AvgIpc) is 2.95. The van der Waals surface area contributed by atoms with Gasteiger partial charge in [-0.15, -0.1) is 11.3 Å². The molecule has 0 aliphatic heterocycles. The van der Waals surface area contributed by atoms with Crippen molar-refractivity contribution in [1.29, 1.82) is 0 Å². The Morgan fingerprint density at radius 1 is 1.27 bits per heavy atom. The Kier molecular flexibility index (Phi) is 5.72. The number of sulfonamides is 1. The number of aromatic nitrogens is 1. The molecule has 2 aromatic rings. The molecule has 1 aromatic carbocycles. The van der Waals surface area contributed by atoms with Gasteiger partial charge in [0, 0.05) is 18.1 Å². The molecule has 0 radical (unpaired) electrons. The van der Waals surface area contributed by atoms with E-state index >= 15 is 0 Å². The molecule has 0 saturated carbocycles. The van der Waals surface area contributed by atoms with E-state index in [1.807, 2.05) is 43.5 Å². The van der Waals surface area contributed by atoms with Crippen molar-refractivity contribution in [3.63, 3.8) is 0 Å². The lowest BCUT2D eigenvalue weighted by atomic mass is 10.0. The molecule has 0 bridgehead atoms. The van der Waals surface area contributed by atoms with Crippen molar-refractivity contribution in [1.82, 2.24) is 9.29 Å². The van der Waals surface area contributed by atoms with E-state index in [1.165, 1.54) is 9.18 Å². The van der Waals surface area contributed by atoms with Crippen LogP contribution in [0.4, 0.5) is 0 Å². The first-order chi connectivity index (χ1) is 10.4. The number of benzene rings is 1. The van der Waals surface area contributed by atoms with Crippen LogP contribution in [0, 0.1) is 0 Å². The maximum absolute atomic E-state index is 12.5. The Balaban J connectivity index is 2.02. The second-order valence-electron chi connectivity index (χ2n) is 5.42. The van der Waals surface area contributed by atoms with Crippen LogP contribution in [-0.4, -0.2) is 30.5 Å². The molecule has 2 rings (SSSR count). The summed E-state index contributed by atoms with van der Waals surface area (Å²) >= 11 is 1.58. The maximum atomic E-state index is 12.5. The maximum Gasteiger partial charge on any atom is 0.214 e. The third-order valence-electron chi connectivity index (χ3n) is 3.61. The molecule has 120 valence electrons. The van der Waals surface area contributed by atoms with Crippen molar-refractivity contribution in [3.05, 3.63) is 52.0 Å². The first kappa shape index (κ1) is 17.1. The summed E-state index contributed by atoms with van der Waals surface area (Å²) in [5.41, 5.74) is 1.04. The van der Waals surface area contributed by atoms with Crippen LogP contribution in [0.1, 0.15) is 35.2 Å². The third kappa shape index (κ3) is 4.38. The molecule has 1 heterocycles. The van der Waals surface area contributed by atoms with E-state index in [0.717, 1.165) is 17.0 Å². The Bertz CT molecular complexity index is 696. The molecule has 1 atom stereocenters. The van der Waals surface area contributed by atoms with Gasteiger partial charge in [0.2, 0.25) is 10.0 Å². The molecule has 22 heavy (non-hydrogen) atoms. The zero-order valence-corrected chi connectivity index (χ0v) is 14.8. The smallest absolute Gasteiger partial charge is 0.214 e. The molecule has 0 aliphatic rings. The standard InChI is InChI=1S/C16H22N2O2S2/c1-4-15-10-17-16(21-15)11-18(3)22(19,20)12-13(2)14-8-6-5-7-9-14/h5-10,13H,4,11-12H2,1-3H3. The predicted molar refractivity (Wildman–Crippen MR) is 91.6 cm³/mol. The molecular formula is C16H22N2O2S2. The van der Waals surface area contributed by atoms with Gasteiger partial charge in [-0.3, -0.25) is 0 Å². The highest BCUT2D eigenvalue weighted by atomic mass is 32.2. The van der Waals surface area contributed by atoms with Crippen LogP contribution in [-0.2, 0) is 23.0 Å². The van der Waals surface area contributed by atoms with Crippen molar-refractivity contribution in [2.24, 2.45) is 0 Å². The normalized spacial score (nSPS) is 13.5. The molecule has 0 N–H and O–H groups in total. The van der Waals surface area contributed by atoms with Crippen molar-refractivity contribution < 1.29 is 8.42 Å². The summed E-state index contributed by atoms with van der Waals surface area (Å²) in [6, 6.07) is 9.74. The van der Waals surface area contributed by atoms with Crippen molar-refractivity contribution in [2.45, 2.75) is 32.7 Å². The number of rotatable bonds is 7. The highest BCUT2D eigenvalue weighted by molar-refractivity contribution is 7.89. The zero-order chi connectivity index (χ0) is 16.2. The van der Waals surface area contributed by atoms with Crippen molar-refractivity contribution in [3.8, 4) is 0 Å². The topological polar surface area (TPSA) is 50.3 Å². The monoisotopic (exact) mass is 338 g/mol. The van der Waals surface area contributed by atoms with Gasteiger partial charge < -0.3 is 0 Å². The van der Waals surface area contributed by atoms with Crippen LogP contribution >= 0.6 is 11.3 Å². The van der Waals surface area contributed by atoms with Crippen LogP contribution in [0.25, 0.3) is 0 Å². The van der Waals surface area contributed by atoms with E-state index in [2.05, 4.69) is 11.9 Å². The number of hydrogen-bond donors (Lipinski definition) is 0. The van der Waals surface area contributed by atoms with Crippen molar-refractivity contribution >= 4 is 21.4 Å². The van der Waals surface area contributed by atoms with Gasteiger partial charge in [-0.25, -0.2) is 13.4 Å². The number of aryl methyl sites for hydroxylation is 1. The van der Waals surface area contributed by atoms with E-state index < -0.39 is 10.0 Å². The molecule has 0 saturated heterocycles. The van der Waals surface area contributed by atoms with Gasteiger partial charge in [0.1, 0.15) is 5.01 Å². The molecule has 1 aromatic heterocycles. The van der Waals surface area contributed by atoms with Crippen LogP contribution < -0.4 is 0 Å². The van der Waals surface area contributed by atoms with Crippen LogP contribution in [0.2, 0.25) is 0 Å². The minimum absolute atomic E-state index is 0.0313. The summed E-state index contributed by atoms with van der Waals surface area (Å²) in [6.45, 7) is 4.35. The van der Waals surface area contributed by atoms with E-state index in [9.17, 15) is 8.42 Å². The largest absolute Gasteiger partial charge is 0.248 e. The second-order valence-corrected chi connectivity index (χ2v) is 8.74. The van der Waals surface area contributed by atoms with Crippen LogP contribution in [0.5, 0.6) is 0 Å². The lowest BCUT2D eigenvalue weighted by molar-refractivity contribution is 0.463. The lowest BCUT2D eigenvalue weighted by Crippen LogP contribution is -2.30. The van der Waals surface area contributed by atoms with Gasteiger partial charge in [-0.05, 0) is 17.9 Å². The van der Waals surface area contributed by atoms with E-state index in [0.29, 0.717) is 6.54 Å². The molecule has 1 unspecified atom stereocenters. The minimum atomic E-state index is -3.30. The number of hydrogen-bond acceptors (Lipinski definition) is 4. The fourth-order valence-electron chi connectivity index (χ4n) is 2.19. The average molecular weight is 338 g/mol. The van der Waals surface area contributed by atoms with Gasteiger partial charge in [0.25, 0.3) is 0 Å².